The molecular weight excluding hydrogens is 180 g/mol. The first kappa shape index (κ1) is 10.6. The summed E-state index contributed by atoms with van der Waals surface area (Å²) >= 11 is 5.89. The van der Waals surface area contributed by atoms with Crippen molar-refractivity contribution in [2.45, 2.75) is 38.5 Å². The van der Waals surface area contributed by atoms with E-state index in [0.717, 1.165) is 19.3 Å². The predicted octanol–water partition coefficient (Wildman–Crippen LogP) is 3.81. The summed E-state index contributed by atoms with van der Waals surface area (Å²) in [6.45, 7) is 4.22. The lowest BCUT2D eigenvalue weighted by Crippen LogP contribution is -1.94. The fourth-order valence-corrected chi connectivity index (χ4v) is 1.42. The minimum absolute atomic E-state index is 0.283. The van der Waals surface area contributed by atoms with Gasteiger partial charge in [-0.05, 0) is 37.3 Å². The minimum atomic E-state index is 0.283. The first-order valence-electron chi connectivity index (χ1n) is 4.94. The molecule has 0 bridgehead atoms. The molecule has 0 aliphatic carbocycles. The van der Waals surface area contributed by atoms with Gasteiger partial charge in [0.2, 0.25) is 0 Å². The lowest BCUT2D eigenvalue weighted by molar-refractivity contribution is 0.803. The summed E-state index contributed by atoms with van der Waals surface area (Å²) < 4.78 is 0. The highest BCUT2D eigenvalue weighted by Crippen LogP contribution is 2.10. The van der Waals surface area contributed by atoms with E-state index in [9.17, 15) is 0 Å². The fourth-order valence-electron chi connectivity index (χ4n) is 1.31. The molecule has 0 spiro atoms. The van der Waals surface area contributed by atoms with Crippen molar-refractivity contribution in [3.63, 3.8) is 0 Å². The standard InChI is InChI=1S/C12H17Cl/c1-3-11-6-8-12(9-7-11)5-4-10(2)13/h6-10H,3-5H2,1-2H3. The maximum absolute atomic E-state index is 5.89. The van der Waals surface area contributed by atoms with Crippen molar-refractivity contribution in [3.05, 3.63) is 35.4 Å². The number of aryl methyl sites for hydroxylation is 2. The zero-order chi connectivity index (χ0) is 9.68. The number of rotatable bonds is 4. The van der Waals surface area contributed by atoms with E-state index < -0.39 is 0 Å². The Morgan fingerprint density at radius 1 is 1.15 bits per heavy atom. The van der Waals surface area contributed by atoms with E-state index in [-0.39, 0.29) is 5.38 Å². The van der Waals surface area contributed by atoms with Gasteiger partial charge >= 0.3 is 0 Å². The zero-order valence-corrected chi connectivity index (χ0v) is 9.14. The number of hydrogen-bond acceptors (Lipinski definition) is 0. The third-order valence-electron chi connectivity index (χ3n) is 2.26. The summed E-state index contributed by atoms with van der Waals surface area (Å²) in [5, 5.41) is 0.283. The van der Waals surface area contributed by atoms with E-state index in [0.29, 0.717) is 0 Å². The van der Waals surface area contributed by atoms with Gasteiger partial charge in [0.1, 0.15) is 0 Å². The fraction of sp³-hybridized carbons (Fsp3) is 0.500. The normalized spacial score (nSPS) is 12.8. The molecule has 72 valence electrons. The molecule has 1 atom stereocenters. The molecule has 0 saturated heterocycles. The van der Waals surface area contributed by atoms with Gasteiger partial charge in [0, 0.05) is 5.38 Å². The van der Waals surface area contributed by atoms with Gasteiger partial charge in [-0.25, -0.2) is 0 Å². The monoisotopic (exact) mass is 196 g/mol. The van der Waals surface area contributed by atoms with Crippen molar-refractivity contribution in [1.82, 2.24) is 0 Å². The number of hydrogen-bond donors (Lipinski definition) is 0. The van der Waals surface area contributed by atoms with Gasteiger partial charge in [-0.1, -0.05) is 31.2 Å². The first-order valence-corrected chi connectivity index (χ1v) is 5.38. The Hall–Kier alpha value is -0.490. The smallest absolute Gasteiger partial charge is 0.0311 e. The molecule has 1 aromatic carbocycles. The molecule has 0 nitrogen and oxygen atoms in total. The third-order valence-corrected chi connectivity index (χ3v) is 2.48. The molecule has 0 fully saturated rings. The van der Waals surface area contributed by atoms with Gasteiger partial charge in [0.05, 0.1) is 0 Å². The molecule has 0 aliphatic heterocycles. The first-order chi connectivity index (χ1) is 6.22. The molecule has 1 aromatic rings. The molecule has 1 rings (SSSR count). The Morgan fingerprint density at radius 2 is 1.69 bits per heavy atom. The van der Waals surface area contributed by atoms with Crippen LogP contribution in [0.25, 0.3) is 0 Å². The van der Waals surface area contributed by atoms with Crippen LogP contribution in [0.5, 0.6) is 0 Å². The van der Waals surface area contributed by atoms with E-state index in [1.54, 1.807) is 0 Å². The van der Waals surface area contributed by atoms with Crippen LogP contribution in [0.1, 0.15) is 31.4 Å². The molecule has 0 aromatic heterocycles. The van der Waals surface area contributed by atoms with Gasteiger partial charge in [0.25, 0.3) is 0 Å². The molecule has 0 radical (unpaired) electrons. The van der Waals surface area contributed by atoms with Crippen LogP contribution in [-0.2, 0) is 12.8 Å². The van der Waals surface area contributed by atoms with E-state index in [4.69, 9.17) is 11.6 Å². The van der Waals surface area contributed by atoms with E-state index in [1.807, 2.05) is 6.92 Å². The molecule has 1 heteroatoms. The van der Waals surface area contributed by atoms with Crippen molar-refractivity contribution < 1.29 is 0 Å². The number of benzene rings is 1. The predicted molar refractivity (Wildman–Crippen MR) is 59.5 cm³/mol. The summed E-state index contributed by atoms with van der Waals surface area (Å²) in [6, 6.07) is 8.82. The lowest BCUT2D eigenvalue weighted by Gasteiger charge is -2.03. The highest BCUT2D eigenvalue weighted by molar-refractivity contribution is 6.20. The largest absolute Gasteiger partial charge is 0.123 e. The summed E-state index contributed by atoms with van der Waals surface area (Å²) in [5.74, 6) is 0. The second kappa shape index (κ2) is 5.29. The second-order valence-electron chi connectivity index (χ2n) is 3.49. The molecule has 0 amide bonds. The highest BCUT2D eigenvalue weighted by atomic mass is 35.5. The second-order valence-corrected chi connectivity index (χ2v) is 4.23. The average Bonchev–Trinajstić information content (AvgIpc) is 2.15. The molecule has 0 saturated carbocycles. The molecule has 13 heavy (non-hydrogen) atoms. The van der Waals surface area contributed by atoms with Gasteiger partial charge < -0.3 is 0 Å². The SMILES string of the molecule is CCc1ccc(CCC(C)Cl)cc1. The minimum Gasteiger partial charge on any atom is -0.123 e. The van der Waals surface area contributed by atoms with Crippen LogP contribution in [0.3, 0.4) is 0 Å². The van der Waals surface area contributed by atoms with E-state index in [1.165, 1.54) is 11.1 Å². The Labute approximate surface area is 85.9 Å². The summed E-state index contributed by atoms with van der Waals surface area (Å²) in [6.07, 6.45) is 3.27. The molecule has 0 heterocycles. The topological polar surface area (TPSA) is 0 Å². The third kappa shape index (κ3) is 3.82. The quantitative estimate of drug-likeness (QED) is 0.643. The van der Waals surface area contributed by atoms with E-state index >= 15 is 0 Å². The van der Waals surface area contributed by atoms with Crippen LogP contribution >= 0.6 is 11.6 Å². The molecular formula is C12H17Cl. The number of alkyl halides is 1. The maximum Gasteiger partial charge on any atom is 0.0311 e. The van der Waals surface area contributed by atoms with Crippen molar-refractivity contribution in [2.75, 3.05) is 0 Å². The molecule has 1 unspecified atom stereocenters. The summed E-state index contributed by atoms with van der Waals surface area (Å²) in [4.78, 5) is 0. The van der Waals surface area contributed by atoms with Gasteiger partial charge in [-0.15, -0.1) is 11.6 Å². The van der Waals surface area contributed by atoms with Gasteiger partial charge in [0.15, 0.2) is 0 Å². The molecule has 0 N–H and O–H groups in total. The Kier molecular flexibility index (Phi) is 4.31. The zero-order valence-electron chi connectivity index (χ0n) is 8.39. The number of halogens is 1. The average molecular weight is 197 g/mol. The van der Waals surface area contributed by atoms with Crippen LogP contribution in [-0.4, -0.2) is 5.38 Å². The van der Waals surface area contributed by atoms with Crippen LogP contribution in [0.4, 0.5) is 0 Å². The van der Waals surface area contributed by atoms with Crippen LogP contribution in [0.2, 0.25) is 0 Å². The Morgan fingerprint density at radius 3 is 2.15 bits per heavy atom. The van der Waals surface area contributed by atoms with Crippen molar-refractivity contribution in [3.8, 4) is 0 Å². The van der Waals surface area contributed by atoms with Crippen LogP contribution in [0.15, 0.2) is 24.3 Å². The Balaban J connectivity index is 2.49. The van der Waals surface area contributed by atoms with Crippen LogP contribution < -0.4 is 0 Å². The van der Waals surface area contributed by atoms with Crippen molar-refractivity contribution >= 4 is 11.6 Å². The highest BCUT2D eigenvalue weighted by Gasteiger charge is 1.97. The Bertz CT molecular complexity index is 236. The maximum atomic E-state index is 5.89. The lowest BCUT2D eigenvalue weighted by atomic mass is 10.1. The molecule has 0 aliphatic rings. The van der Waals surface area contributed by atoms with Gasteiger partial charge in [-0.2, -0.15) is 0 Å². The van der Waals surface area contributed by atoms with E-state index in [2.05, 4.69) is 31.2 Å². The summed E-state index contributed by atoms with van der Waals surface area (Å²) in [7, 11) is 0. The van der Waals surface area contributed by atoms with Crippen molar-refractivity contribution in [2.24, 2.45) is 0 Å². The van der Waals surface area contributed by atoms with Crippen molar-refractivity contribution in [1.29, 1.82) is 0 Å². The van der Waals surface area contributed by atoms with Crippen LogP contribution in [0, 0.1) is 0 Å². The van der Waals surface area contributed by atoms with Gasteiger partial charge in [-0.3, -0.25) is 0 Å². The summed E-state index contributed by atoms with van der Waals surface area (Å²) in [5.41, 5.74) is 2.80.